The largest absolute Gasteiger partial charge is 0.220 e. The fourth-order valence-corrected chi connectivity index (χ4v) is 2.14. The highest BCUT2D eigenvalue weighted by molar-refractivity contribution is 9.08. The zero-order chi connectivity index (χ0) is 11.7. The van der Waals surface area contributed by atoms with Gasteiger partial charge in [0.25, 0.3) is 0 Å². The molecule has 0 aliphatic carbocycles. The molecule has 0 aliphatic heterocycles. The van der Waals surface area contributed by atoms with Crippen molar-refractivity contribution in [1.29, 1.82) is 0 Å². The van der Waals surface area contributed by atoms with Crippen molar-refractivity contribution < 1.29 is 0 Å². The number of rotatable bonds is 2. The molecule has 4 heteroatoms. The summed E-state index contributed by atoms with van der Waals surface area (Å²) >= 11 is 3.38. The van der Waals surface area contributed by atoms with Crippen molar-refractivity contribution in [1.82, 2.24) is 15.0 Å². The molecule has 0 radical (unpaired) electrons. The highest BCUT2D eigenvalue weighted by atomic mass is 79.9. The van der Waals surface area contributed by atoms with Crippen LogP contribution in [0.1, 0.15) is 5.69 Å². The average Bonchev–Trinajstić information content (AvgIpc) is 2.87. The predicted molar refractivity (Wildman–Crippen MR) is 71.5 cm³/mol. The van der Waals surface area contributed by atoms with Crippen LogP contribution in [0.5, 0.6) is 0 Å². The molecule has 0 saturated carbocycles. The van der Waals surface area contributed by atoms with Crippen molar-refractivity contribution in [2.24, 2.45) is 0 Å². The van der Waals surface area contributed by atoms with Gasteiger partial charge in [-0.3, -0.25) is 0 Å². The fourth-order valence-electron chi connectivity index (χ4n) is 1.89. The van der Waals surface area contributed by atoms with Crippen molar-refractivity contribution >= 4 is 26.7 Å². The van der Waals surface area contributed by atoms with E-state index in [0.717, 1.165) is 16.7 Å². The van der Waals surface area contributed by atoms with Crippen molar-refractivity contribution in [3.8, 4) is 5.69 Å². The number of alkyl halides is 1. The van der Waals surface area contributed by atoms with Crippen LogP contribution in [0.15, 0.2) is 48.7 Å². The minimum absolute atomic E-state index is 0.720. The molecule has 0 bridgehead atoms. The van der Waals surface area contributed by atoms with Gasteiger partial charge in [0.2, 0.25) is 0 Å². The molecule has 0 saturated heterocycles. The van der Waals surface area contributed by atoms with E-state index in [2.05, 4.69) is 50.5 Å². The van der Waals surface area contributed by atoms with Crippen LogP contribution in [0, 0.1) is 0 Å². The first-order chi connectivity index (χ1) is 8.38. The minimum atomic E-state index is 0.720. The number of aromatic nitrogens is 3. The van der Waals surface area contributed by atoms with Crippen LogP contribution >= 0.6 is 15.9 Å². The molecule has 0 unspecified atom stereocenters. The third kappa shape index (κ3) is 1.85. The lowest BCUT2D eigenvalue weighted by molar-refractivity contribution is 0.805. The zero-order valence-electron chi connectivity index (χ0n) is 9.05. The first-order valence-electron chi connectivity index (χ1n) is 5.34. The Balaban J connectivity index is 2.23. The molecular formula is C13H10BrN3. The zero-order valence-corrected chi connectivity index (χ0v) is 10.6. The minimum Gasteiger partial charge on any atom is -0.220 e. The normalized spacial score (nSPS) is 10.9. The fraction of sp³-hybridized carbons (Fsp3) is 0.0769. The summed E-state index contributed by atoms with van der Waals surface area (Å²) in [5.74, 6) is 0. The van der Waals surface area contributed by atoms with Gasteiger partial charge in [-0.1, -0.05) is 57.5 Å². The molecule has 0 aliphatic rings. The van der Waals surface area contributed by atoms with E-state index in [1.807, 2.05) is 29.1 Å². The Morgan fingerprint density at radius 2 is 1.88 bits per heavy atom. The molecule has 2 aromatic carbocycles. The van der Waals surface area contributed by atoms with Crippen LogP contribution in [0.2, 0.25) is 0 Å². The van der Waals surface area contributed by atoms with E-state index in [1.165, 1.54) is 10.8 Å². The third-order valence-electron chi connectivity index (χ3n) is 2.69. The quantitative estimate of drug-likeness (QED) is 0.677. The summed E-state index contributed by atoms with van der Waals surface area (Å²) in [7, 11) is 0. The van der Waals surface area contributed by atoms with Gasteiger partial charge in [-0.15, -0.1) is 5.10 Å². The van der Waals surface area contributed by atoms with E-state index in [-0.39, 0.29) is 0 Å². The molecule has 0 atom stereocenters. The van der Waals surface area contributed by atoms with Gasteiger partial charge in [-0.25, -0.2) is 4.68 Å². The summed E-state index contributed by atoms with van der Waals surface area (Å²) in [4.78, 5) is 0. The van der Waals surface area contributed by atoms with E-state index in [4.69, 9.17) is 0 Å². The van der Waals surface area contributed by atoms with Gasteiger partial charge in [0, 0.05) is 10.7 Å². The molecule has 0 N–H and O–H groups in total. The van der Waals surface area contributed by atoms with Crippen LogP contribution in [0.3, 0.4) is 0 Å². The Hall–Kier alpha value is -1.68. The first kappa shape index (κ1) is 10.5. The first-order valence-corrected chi connectivity index (χ1v) is 6.46. The van der Waals surface area contributed by atoms with Crippen molar-refractivity contribution in [2.45, 2.75) is 5.33 Å². The van der Waals surface area contributed by atoms with Crippen molar-refractivity contribution in [2.75, 3.05) is 0 Å². The number of benzene rings is 2. The summed E-state index contributed by atoms with van der Waals surface area (Å²) in [5, 5.41) is 11.3. The van der Waals surface area contributed by atoms with E-state index >= 15 is 0 Å². The molecule has 3 aromatic rings. The molecule has 1 heterocycles. The second kappa shape index (κ2) is 4.30. The predicted octanol–water partition coefficient (Wildman–Crippen LogP) is 3.32. The average molecular weight is 288 g/mol. The van der Waals surface area contributed by atoms with Crippen LogP contribution < -0.4 is 0 Å². The number of fused-ring (bicyclic) bond motifs is 1. The number of hydrogen-bond acceptors (Lipinski definition) is 2. The van der Waals surface area contributed by atoms with Crippen LogP contribution in [-0.2, 0) is 5.33 Å². The number of hydrogen-bond donors (Lipinski definition) is 0. The Bertz CT molecular complexity index is 655. The third-order valence-corrected chi connectivity index (χ3v) is 3.27. The monoisotopic (exact) mass is 287 g/mol. The maximum Gasteiger partial charge on any atom is 0.0937 e. The highest BCUT2D eigenvalue weighted by Gasteiger charge is 2.05. The molecule has 1 aromatic heterocycles. The summed E-state index contributed by atoms with van der Waals surface area (Å²) < 4.78 is 1.82. The van der Waals surface area contributed by atoms with Gasteiger partial charge in [0.1, 0.15) is 0 Å². The molecule has 0 spiro atoms. The molecular weight excluding hydrogens is 278 g/mol. The smallest absolute Gasteiger partial charge is 0.0937 e. The lowest BCUT2D eigenvalue weighted by atomic mass is 10.1. The molecule has 3 nitrogen and oxygen atoms in total. The van der Waals surface area contributed by atoms with E-state index in [0.29, 0.717) is 0 Å². The summed E-state index contributed by atoms with van der Waals surface area (Å²) in [6.45, 7) is 0. The van der Waals surface area contributed by atoms with Gasteiger partial charge in [-0.05, 0) is 11.5 Å². The van der Waals surface area contributed by atoms with Crippen LogP contribution in [-0.4, -0.2) is 15.0 Å². The lowest BCUT2D eigenvalue weighted by Crippen LogP contribution is -1.95. The Morgan fingerprint density at radius 1 is 1.06 bits per heavy atom. The van der Waals surface area contributed by atoms with E-state index < -0.39 is 0 Å². The number of halogens is 1. The molecule has 3 rings (SSSR count). The molecule has 17 heavy (non-hydrogen) atoms. The van der Waals surface area contributed by atoms with Crippen LogP contribution in [0.25, 0.3) is 16.5 Å². The summed E-state index contributed by atoms with van der Waals surface area (Å²) in [5.41, 5.74) is 1.99. The maximum absolute atomic E-state index is 4.14. The SMILES string of the molecule is BrCc1cn(-c2cccc3ccccc23)nn1. The van der Waals surface area contributed by atoms with Gasteiger partial charge in [0.15, 0.2) is 0 Å². The van der Waals surface area contributed by atoms with Crippen molar-refractivity contribution in [3.05, 3.63) is 54.4 Å². The van der Waals surface area contributed by atoms with Crippen LogP contribution in [0.4, 0.5) is 0 Å². The van der Waals surface area contributed by atoms with E-state index in [1.54, 1.807) is 0 Å². The molecule has 84 valence electrons. The van der Waals surface area contributed by atoms with Gasteiger partial charge in [0.05, 0.1) is 17.6 Å². The number of nitrogens with zero attached hydrogens (tertiary/aromatic N) is 3. The summed E-state index contributed by atoms with van der Waals surface area (Å²) in [6, 6.07) is 14.5. The Kier molecular flexibility index (Phi) is 2.65. The standard InChI is InChI=1S/C13H10BrN3/c14-8-11-9-17(16-15-11)13-7-3-5-10-4-1-2-6-12(10)13/h1-7,9H,8H2. The second-order valence-electron chi connectivity index (χ2n) is 3.79. The topological polar surface area (TPSA) is 30.7 Å². The highest BCUT2D eigenvalue weighted by Crippen LogP contribution is 2.21. The Morgan fingerprint density at radius 3 is 2.71 bits per heavy atom. The second-order valence-corrected chi connectivity index (χ2v) is 4.35. The van der Waals surface area contributed by atoms with Gasteiger partial charge < -0.3 is 0 Å². The van der Waals surface area contributed by atoms with Gasteiger partial charge >= 0.3 is 0 Å². The van der Waals surface area contributed by atoms with E-state index in [9.17, 15) is 0 Å². The lowest BCUT2D eigenvalue weighted by Gasteiger charge is -2.04. The Labute approximate surface area is 107 Å². The van der Waals surface area contributed by atoms with Crippen molar-refractivity contribution in [3.63, 3.8) is 0 Å². The maximum atomic E-state index is 4.14. The summed E-state index contributed by atoms with van der Waals surface area (Å²) in [6.07, 6.45) is 1.94. The van der Waals surface area contributed by atoms with Gasteiger partial charge in [-0.2, -0.15) is 0 Å². The molecule has 0 fully saturated rings. The molecule has 0 amide bonds.